The number of anilines is 1. The zero-order chi connectivity index (χ0) is 13.8. The summed E-state index contributed by atoms with van der Waals surface area (Å²) in [4.78, 5) is 24.1. The first kappa shape index (κ1) is 13.6. The number of hydrogen-bond acceptors (Lipinski definition) is 3. The zero-order valence-electron chi connectivity index (χ0n) is 11.4. The smallest absolute Gasteiger partial charge is 0.264 e. The van der Waals surface area contributed by atoms with Gasteiger partial charge in [0, 0.05) is 13.5 Å². The van der Waals surface area contributed by atoms with Gasteiger partial charge in [-0.05, 0) is 43.9 Å². The molecule has 0 spiro atoms. The van der Waals surface area contributed by atoms with Crippen LogP contribution in [0.25, 0.3) is 0 Å². The first-order valence-corrected chi connectivity index (χ1v) is 6.59. The number of likely N-dealkylation sites (N-methyl/N-ethyl adjacent to an activating group) is 1. The average Bonchev–Trinajstić information content (AvgIpc) is 2.39. The monoisotopic (exact) mass is 261 g/mol. The summed E-state index contributed by atoms with van der Waals surface area (Å²) in [5, 5.41) is 0. The molecular formula is C15H19NO3. The molecule has 4 nitrogen and oxygen atoms in total. The van der Waals surface area contributed by atoms with E-state index in [2.05, 4.69) is 0 Å². The highest BCUT2D eigenvalue weighted by atomic mass is 16.5. The molecule has 0 unspecified atom stereocenters. The average molecular weight is 261 g/mol. The second-order valence-electron chi connectivity index (χ2n) is 4.95. The van der Waals surface area contributed by atoms with Crippen LogP contribution in [0.4, 0.5) is 5.69 Å². The molecule has 0 fully saturated rings. The van der Waals surface area contributed by atoms with Gasteiger partial charge in [-0.2, -0.15) is 0 Å². The van der Waals surface area contributed by atoms with Gasteiger partial charge in [-0.15, -0.1) is 0 Å². The van der Waals surface area contributed by atoms with E-state index in [4.69, 9.17) is 4.74 Å². The SMILES string of the molecule is CC(=O)CCCCc1ccc2c(c1)N(C)C(=O)CO2. The maximum Gasteiger partial charge on any atom is 0.264 e. The van der Waals surface area contributed by atoms with Gasteiger partial charge in [0.15, 0.2) is 6.61 Å². The predicted molar refractivity (Wildman–Crippen MR) is 73.6 cm³/mol. The highest BCUT2D eigenvalue weighted by Crippen LogP contribution is 2.32. The molecule has 2 rings (SSSR count). The van der Waals surface area contributed by atoms with Crippen molar-refractivity contribution in [3.8, 4) is 5.75 Å². The zero-order valence-corrected chi connectivity index (χ0v) is 11.4. The van der Waals surface area contributed by atoms with E-state index in [0.29, 0.717) is 6.42 Å². The summed E-state index contributed by atoms with van der Waals surface area (Å²) in [7, 11) is 1.77. The van der Waals surface area contributed by atoms with Gasteiger partial charge in [0.05, 0.1) is 5.69 Å². The molecule has 0 N–H and O–H groups in total. The first-order valence-electron chi connectivity index (χ1n) is 6.59. The minimum atomic E-state index is -0.0266. The molecule has 0 atom stereocenters. The van der Waals surface area contributed by atoms with Gasteiger partial charge in [0.25, 0.3) is 5.91 Å². The van der Waals surface area contributed by atoms with Crippen molar-refractivity contribution in [1.29, 1.82) is 0 Å². The minimum Gasteiger partial charge on any atom is -0.482 e. The summed E-state index contributed by atoms with van der Waals surface area (Å²) in [5.74, 6) is 0.972. The normalized spacial score (nSPS) is 14.0. The standard InChI is InChI=1S/C15H19NO3/c1-11(17)5-3-4-6-12-7-8-14-13(9-12)16(2)15(18)10-19-14/h7-9H,3-6,10H2,1-2H3. The van der Waals surface area contributed by atoms with Crippen LogP contribution in [0.1, 0.15) is 31.7 Å². The number of hydrogen-bond donors (Lipinski definition) is 0. The van der Waals surface area contributed by atoms with Crippen LogP contribution in [-0.4, -0.2) is 25.3 Å². The topological polar surface area (TPSA) is 46.6 Å². The largest absolute Gasteiger partial charge is 0.482 e. The van der Waals surface area contributed by atoms with Gasteiger partial charge in [0.1, 0.15) is 11.5 Å². The van der Waals surface area contributed by atoms with Gasteiger partial charge < -0.3 is 14.4 Å². The lowest BCUT2D eigenvalue weighted by atomic mass is 10.0. The van der Waals surface area contributed by atoms with Gasteiger partial charge in [-0.25, -0.2) is 0 Å². The van der Waals surface area contributed by atoms with Crippen molar-refractivity contribution in [1.82, 2.24) is 0 Å². The molecule has 19 heavy (non-hydrogen) atoms. The molecule has 0 radical (unpaired) electrons. The fourth-order valence-electron chi connectivity index (χ4n) is 2.18. The van der Waals surface area contributed by atoms with Gasteiger partial charge in [-0.1, -0.05) is 6.07 Å². The third kappa shape index (κ3) is 3.34. The van der Waals surface area contributed by atoms with Crippen LogP contribution in [0.15, 0.2) is 18.2 Å². The molecule has 1 aromatic rings. The summed E-state index contributed by atoms with van der Waals surface area (Å²) in [5.41, 5.74) is 2.01. The second-order valence-corrected chi connectivity index (χ2v) is 4.95. The highest BCUT2D eigenvalue weighted by Gasteiger charge is 2.22. The number of ether oxygens (including phenoxy) is 1. The van der Waals surface area contributed by atoms with Crippen molar-refractivity contribution in [2.24, 2.45) is 0 Å². The molecule has 1 aliphatic rings. The number of benzene rings is 1. The van der Waals surface area contributed by atoms with E-state index in [9.17, 15) is 9.59 Å². The van der Waals surface area contributed by atoms with E-state index < -0.39 is 0 Å². The molecule has 0 bridgehead atoms. The molecule has 4 heteroatoms. The van der Waals surface area contributed by atoms with Crippen molar-refractivity contribution < 1.29 is 14.3 Å². The molecule has 0 saturated carbocycles. The first-order chi connectivity index (χ1) is 9.08. The molecule has 102 valence electrons. The predicted octanol–water partition coefficient (Wildman–Crippen LogP) is 2.34. The van der Waals surface area contributed by atoms with Crippen molar-refractivity contribution in [3.05, 3.63) is 23.8 Å². The van der Waals surface area contributed by atoms with Crippen LogP contribution in [0, 0.1) is 0 Å². The van der Waals surface area contributed by atoms with E-state index in [-0.39, 0.29) is 18.3 Å². The molecule has 1 aromatic carbocycles. The minimum absolute atomic E-state index is 0.0266. The van der Waals surface area contributed by atoms with Crippen molar-refractivity contribution in [2.45, 2.75) is 32.6 Å². The number of carbonyl (C=O) groups is 2. The second kappa shape index (κ2) is 5.87. The third-order valence-corrected chi connectivity index (χ3v) is 3.35. The fourth-order valence-corrected chi connectivity index (χ4v) is 2.18. The summed E-state index contributed by atoms with van der Waals surface area (Å²) in [6.07, 6.45) is 3.46. The lowest BCUT2D eigenvalue weighted by Gasteiger charge is -2.26. The summed E-state index contributed by atoms with van der Waals surface area (Å²) >= 11 is 0. The van der Waals surface area contributed by atoms with Crippen LogP contribution in [-0.2, 0) is 16.0 Å². The summed E-state index contributed by atoms with van der Waals surface area (Å²) in [6, 6.07) is 5.94. The van der Waals surface area contributed by atoms with E-state index >= 15 is 0 Å². The Bertz CT molecular complexity index is 496. The van der Waals surface area contributed by atoms with E-state index in [1.165, 1.54) is 5.56 Å². The molecule has 1 aliphatic heterocycles. The quantitative estimate of drug-likeness (QED) is 0.764. The van der Waals surface area contributed by atoms with Crippen LogP contribution in [0.5, 0.6) is 5.75 Å². The van der Waals surface area contributed by atoms with Crippen LogP contribution in [0.2, 0.25) is 0 Å². The number of nitrogens with zero attached hydrogens (tertiary/aromatic N) is 1. The van der Waals surface area contributed by atoms with Gasteiger partial charge >= 0.3 is 0 Å². The molecule has 1 heterocycles. The Morgan fingerprint density at radius 3 is 2.89 bits per heavy atom. The highest BCUT2D eigenvalue weighted by molar-refractivity contribution is 5.97. The molecule has 0 aromatic heterocycles. The van der Waals surface area contributed by atoms with E-state index in [1.807, 2.05) is 18.2 Å². The molecule has 0 saturated heterocycles. The number of unbranched alkanes of at least 4 members (excludes halogenated alkanes) is 1. The number of fused-ring (bicyclic) bond motifs is 1. The van der Waals surface area contributed by atoms with Gasteiger partial charge in [-0.3, -0.25) is 4.79 Å². The fraction of sp³-hybridized carbons (Fsp3) is 0.467. The number of aryl methyl sites for hydroxylation is 1. The molecule has 1 amide bonds. The maximum absolute atomic E-state index is 11.6. The van der Waals surface area contributed by atoms with Gasteiger partial charge in [0.2, 0.25) is 0 Å². The summed E-state index contributed by atoms with van der Waals surface area (Å²) < 4.78 is 5.38. The van der Waals surface area contributed by atoms with Crippen LogP contribution < -0.4 is 9.64 Å². The Morgan fingerprint density at radius 2 is 2.16 bits per heavy atom. The lowest BCUT2D eigenvalue weighted by Crippen LogP contribution is -2.35. The Labute approximate surface area is 113 Å². The van der Waals surface area contributed by atoms with Crippen molar-refractivity contribution in [3.63, 3.8) is 0 Å². The number of ketones is 1. The van der Waals surface area contributed by atoms with E-state index in [0.717, 1.165) is 30.7 Å². The van der Waals surface area contributed by atoms with E-state index in [1.54, 1.807) is 18.9 Å². The number of Topliss-reactive ketones (excluding diaryl/α,β-unsaturated/α-hetero) is 1. The Morgan fingerprint density at radius 1 is 1.37 bits per heavy atom. The third-order valence-electron chi connectivity index (χ3n) is 3.35. The summed E-state index contributed by atoms with van der Waals surface area (Å²) in [6.45, 7) is 1.73. The molecule has 0 aliphatic carbocycles. The number of rotatable bonds is 5. The Hall–Kier alpha value is -1.84. The van der Waals surface area contributed by atoms with Crippen LogP contribution in [0.3, 0.4) is 0 Å². The number of amides is 1. The Balaban J connectivity index is 2.00. The lowest BCUT2D eigenvalue weighted by molar-refractivity contribution is -0.121. The van der Waals surface area contributed by atoms with Crippen molar-refractivity contribution in [2.75, 3.05) is 18.6 Å². The van der Waals surface area contributed by atoms with Crippen molar-refractivity contribution >= 4 is 17.4 Å². The maximum atomic E-state index is 11.6. The molecular weight excluding hydrogens is 242 g/mol. The Kier molecular flexibility index (Phi) is 4.20. The number of carbonyl (C=O) groups excluding carboxylic acids is 2. The van der Waals surface area contributed by atoms with Crippen LogP contribution >= 0.6 is 0 Å².